The molecule has 0 saturated carbocycles. The van der Waals surface area contributed by atoms with Crippen molar-refractivity contribution in [3.63, 3.8) is 0 Å². The molecule has 33 heavy (non-hydrogen) atoms. The Hall–Kier alpha value is -3.61. The lowest BCUT2D eigenvalue weighted by Gasteiger charge is -2.31. The number of aromatic nitrogens is 2. The van der Waals surface area contributed by atoms with Crippen LogP contribution < -0.4 is 15.6 Å². The summed E-state index contributed by atoms with van der Waals surface area (Å²) in [5.41, 5.74) is 5.69. The number of amides is 2. The largest absolute Gasteiger partial charge is 0.458 e. The summed E-state index contributed by atoms with van der Waals surface area (Å²) in [4.78, 5) is 41.6. The monoisotopic (exact) mass is 470 g/mol. The van der Waals surface area contributed by atoms with E-state index in [-0.39, 0.29) is 41.9 Å². The van der Waals surface area contributed by atoms with E-state index in [2.05, 4.69) is 4.98 Å². The molecule has 2 aromatic heterocycles. The van der Waals surface area contributed by atoms with Crippen LogP contribution in [-0.4, -0.2) is 35.4 Å². The average molecular weight is 470 g/mol. The summed E-state index contributed by atoms with van der Waals surface area (Å²) in [6.07, 6.45) is 0.0467. The number of rotatable bonds is 3. The highest BCUT2D eigenvalue weighted by atomic mass is 32.2. The van der Waals surface area contributed by atoms with Gasteiger partial charge in [-0.15, -0.1) is 0 Å². The molecular formula is C21H18N4O7S. The normalized spacial score (nSPS) is 19.4. The first-order chi connectivity index (χ1) is 15.7. The van der Waals surface area contributed by atoms with Gasteiger partial charge < -0.3 is 20.1 Å². The fraction of sp³-hybridized carbons (Fsp3) is 0.238. The van der Waals surface area contributed by atoms with E-state index in [1.54, 1.807) is 25.1 Å². The number of carbonyl (C=O) groups excluding carboxylic acids is 2. The Morgan fingerprint density at radius 3 is 2.76 bits per heavy atom. The van der Waals surface area contributed by atoms with Crippen molar-refractivity contribution in [3.8, 4) is 11.4 Å². The van der Waals surface area contributed by atoms with Gasteiger partial charge in [-0.05, 0) is 36.8 Å². The Morgan fingerprint density at radius 2 is 2.09 bits per heavy atom. The molecule has 0 aliphatic carbocycles. The molecule has 0 radical (unpaired) electrons. The lowest BCUT2D eigenvalue weighted by Crippen LogP contribution is -2.44. The second-order valence-electron chi connectivity index (χ2n) is 7.84. The summed E-state index contributed by atoms with van der Waals surface area (Å²) in [7, 11) is 0. The van der Waals surface area contributed by atoms with E-state index in [0.717, 1.165) is 0 Å². The molecule has 12 heteroatoms. The number of primary amides is 1. The van der Waals surface area contributed by atoms with E-state index in [1.807, 2.05) is 0 Å². The Bertz CT molecular complexity index is 1450. The zero-order chi connectivity index (χ0) is 23.7. The fourth-order valence-corrected chi connectivity index (χ4v) is 4.84. The summed E-state index contributed by atoms with van der Waals surface area (Å²) >= 11 is -2.65. The third-order valence-corrected chi connectivity index (χ3v) is 6.79. The second-order valence-corrected chi connectivity index (χ2v) is 8.67. The quantitative estimate of drug-likeness (QED) is 0.296. The van der Waals surface area contributed by atoms with E-state index in [4.69, 9.17) is 10.5 Å². The molecule has 1 unspecified atom stereocenters. The van der Waals surface area contributed by atoms with Crippen molar-refractivity contribution in [2.45, 2.75) is 32.1 Å². The van der Waals surface area contributed by atoms with Crippen molar-refractivity contribution < 1.29 is 28.2 Å². The van der Waals surface area contributed by atoms with E-state index in [9.17, 15) is 28.3 Å². The number of pyridine rings is 2. The Morgan fingerprint density at radius 1 is 1.33 bits per heavy atom. The van der Waals surface area contributed by atoms with Crippen molar-refractivity contribution in [1.82, 2.24) is 9.55 Å². The molecule has 0 spiro atoms. The van der Waals surface area contributed by atoms with Crippen molar-refractivity contribution >= 4 is 39.9 Å². The number of ether oxygens (including phenoxy) is 1. The van der Waals surface area contributed by atoms with Crippen molar-refractivity contribution in [1.29, 1.82) is 0 Å². The molecular weight excluding hydrogens is 452 g/mol. The number of cyclic esters (lactones) is 1. The summed E-state index contributed by atoms with van der Waals surface area (Å²) in [5, 5.41) is 11.5. The number of aliphatic hydroxyl groups is 1. The first kappa shape index (κ1) is 21.2. The lowest BCUT2D eigenvalue weighted by atomic mass is 9.86. The van der Waals surface area contributed by atoms with Crippen LogP contribution in [0.5, 0.6) is 0 Å². The first-order valence-corrected chi connectivity index (χ1v) is 11.0. The molecule has 5 rings (SSSR count). The number of benzene rings is 1. The maximum atomic E-state index is 13.2. The van der Waals surface area contributed by atoms with Gasteiger partial charge in [0.05, 0.1) is 34.7 Å². The maximum absolute atomic E-state index is 13.2. The molecule has 2 atom stereocenters. The molecule has 0 saturated heterocycles. The summed E-state index contributed by atoms with van der Waals surface area (Å²) < 4.78 is 28.0. The molecule has 3 aromatic rings. The second kappa shape index (κ2) is 7.20. The summed E-state index contributed by atoms with van der Waals surface area (Å²) in [6.45, 7) is 1.62. The van der Waals surface area contributed by atoms with E-state index >= 15 is 0 Å². The van der Waals surface area contributed by atoms with Crippen LogP contribution in [0.4, 0.5) is 10.5 Å². The van der Waals surface area contributed by atoms with Crippen molar-refractivity contribution in [2.24, 2.45) is 5.73 Å². The standard InChI is InChI=1S/C21H18N4O7S/c1-2-21(29)14-7-16-17-11(8-24(16)18(26)13(14)9-32-19(21)27)5-10-6-12(3-4-15(10)23-17)25(20(22)28)33(30)31/h3-7,29H,2,8-9H2,1H3,(H2,22,28)(H,30,31)/t21-/m0/s1. The average Bonchev–Trinajstić information content (AvgIpc) is 3.12. The predicted octanol–water partition coefficient (Wildman–Crippen LogP) is 1.10. The van der Waals surface area contributed by atoms with Crippen LogP contribution in [0, 0.1) is 0 Å². The third-order valence-electron chi connectivity index (χ3n) is 6.08. The molecule has 2 aliphatic rings. The molecule has 0 bridgehead atoms. The number of esters is 1. The lowest BCUT2D eigenvalue weighted by molar-refractivity contribution is -0.172. The number of nitrogens with zero attached hydrogens (tertiary/aromatic N) is 3. The molecule has 2 amide bonds. The molecule has 4 N–H and O–H groups in total. The summed E-state index contributed by atoms with van der Waals surface area (Å²) in [5.74, 6) is -0.792. The number of nitrogens with two attached hydrogens (primary N) is 1. The summed E-state index contributed by atoms with van der Waals surface area (Å²) in [6, 6.07) is 6.78. The van der Waals surface area contributed by atoms with Gasteiger partial charge in [-0.2, -0.15) is 4.31 Å². The Kier molecular flexibility index (Phi) is 4.64. The number of urea groups is 1. The number of hydrogen-bond donors (Lipinski definition) is 3. The van der Waals surface area contributed by atoms with Gasteiger partial charge in [0.1, 0.15) is 6.61 Å². The molecule has 0 fully saturated rings. The topological polar surface area (TPSA) is 165 Å². The van der Waals surface area contributed by atoms with E-state index < -0.39 is 28.9 Å². The van der Waals surface area contributed by atoms with E-state index in [1.165, 1.54) is 16.7 Å². The minimum atomic E-state index is -2.65. The van der Waals surface area contributed by atoms with Gasteiger partial charge >= 0.3 is 12.0 Å². The molecule has 170 valence electrons. The molecule has 11 nitrogen and oxygen atoms in total. The molecule has 4 heterocycles. The van der Waals surface area contributed by atoms with Crippen LogP contribution >= 0.6 is 0 Å². The van der Waals surface area contributed by atoms with Crippen LogP contribution in [0.25, 0.3) is 22.3 Å². The van der Waals surface area contributed by atoms with Gasteiger partial charge in [0.25, 0.3) is 16.8 Å². The highest BCUT2D eigenvalue weighted by Gasteiger charge is 2.45. The maximum Gasteiger partial charge on any atom is 0.343 e. The van der Waals surface area contributed by atoms with E-state index in [0.29, 0.717) is 32.2 Å². The zero-order valence-electron chi connectivity index (χ0n) is 17.3. The molecule has 1 aromatic carbocycles. The van der Waals surface area contributed by atoms with Gasteiger partial charge in [-0.25, -0.2) is 18.8 Å². The van der Waals surface area contributed by atoms with Crippen molar-refractivity contribution in [3.05, 3.63) is 57.4 Å². The smallest absolute Gasteiger partial charge is 0.343 e. The van der Waals surface area contributed by atoms with Crippen molar-refractivity contribution in [2.75, 3.05) is 4.31 Å². The van der Waals surface area contributed by atoms with Crippen LogP contribution in [0.15, 0.2) is 35.1 Å². The van der Waals surface area contributed by atoms with Gasteiger partial charge in [-0.3, -0.25) is 9.35 Å². The Balaban J connectivity index is 1.68. The number of carbonyl (C=O) groups is 2. The SMILES string of the molecule is CC[C@@]1(O)C(=O)OCc2c1cc1n(c2=O)Cc2cc3cc(N(C(N)=O)S(=O)O)ccc3nc2-1. The van der Waals surface area contributed by atoms with Gasteiger partial charge in [0.2, 0.25) is 0 Å². The minimum absolute atomic E-state index is 0.0467. The van der Waals surface area contributed by atoms with Crippen LogP contribution in [0.2, 0.25) is 0 Å². The van der Waals surface area contributed by atoms with Gasteiger partial charge in [0.15, 0.2) is 5.60 Å². The molecule has 2 aliphatic heterocycles. The van der Waals surface area contributed by atoms with Gasteiger partial charge in [-0.1, -0.05) is 6.92 Å². The fourth-order valence-electron chi connectivity index (χ4n) is 4.39. The third kappa shape index (κ3) is 2.98. The van der Waals surface area contributed by atoms with Gasteiger partial charge in [0, 0.05) is 16.5 Å². The zero-order valence-corrected chi connectivity index (χ0v) is 18.1. The first-order valence-electron chi connectivity index (χ1n) is 9.97. The number of fused-ring (bicyclic) bond motifs is 5. The number of anilines is 1. The van der Waals surface area contributed by atoms with Crippen LogP contribution in [0.3, 0.4) is 0 Å². The van der Waals surface area contributed by atoms with Crippen LogP contribution in [0.1, 0.15) is 30.0 Å². The van der Waals surface area contributed by atoms with Crippen LogP contribution in [-0.2, 0) is 39.6 Å². The number of hydrogen-bond acceptors (Lipinski definition) is 7. The predicted molar refractivity (Wildman–Crippen MR) is 117 cm³/mol. The highest BCUT2D eigenvalue weighted by molar-refractivity contribution is 7.81. The minimum Gasteiger partial charge on any atom is -0.458 e. The highest BCUT2D eigenvalue weighted by Crippen LogP contribution is 2.38. The Labute approximate surface area is 188 Å².